The third kappa shape index (κ3) is 3.11. The summed E-state index contributed by atoms with van der Waals surface area (Å²) in [6.07, 6.45) is 1.29. The van der Waals surface area contributed by atoms with Crippen LogP contribution in [0.15, 0.2) is 35.7 Å². The minimum Gasteiger partial charge on any atom is -0.478 e. The molecule has 0 atom stereocenters. The van der Waals surface area contributed by atoms with E-state index in [-0.39, 0.29) is 12.1 Å². The van der Waals surface area contributed by atoms with Crippen molar-refractivity contribution in [3.05, 3.63) is 42.2 Å². The van der Waals surface area contributed by atoms with Crippen molar-refractivity contribution in [3.8, 4) is 0 Å². The molecule has 0 radical (unpaired) electrons. The van der Waals surface area contributed by atoms with Crippen LogP contribution in [-0.2, 0) is 10.0 Å². The quantitative estimate of drug-likeness (QED) is 0.772. The van der Waals surface area contributed by atoms with Gasteiger partial charge in [-0.15, -0.1) is 6.58 Å². The van der Waals surface area contributed by atoms with E-state index in [1.165, 1.54) is 6.08 Å². The second-order valence-electron chi connectivity index (χ2n) is 3.09. The molecule has 17 heavy (non-hydrogen) atoms. The molecule has 0 spiro atoms. The van der Waals surface area contributed by atoms with E-state index < -0.39 is 26.7 Å². The maximum Gasteiger partial charge on any atom is 0.335 e. The highest BCUT2D eigenvalue weighted by Crippen LogP contribution is 2.16. The summed E-state index contributed by atoms with van der Waals surface area (Å²) in [7, 11) is -4.07. The molecule has 0 saturated heterocycles. The van der Waals surface area contributed by atoms with Crippen molar-refractivity contribution < 1.29 is 22.7 Å². The molecule has 0 aliphatic carbocycles. The van der Waals surface area contributed by atoms with Crippen molar-refractivity contribution in [1.29, 1.82) is 0 Å². The largest absolute Gasteiger partial charge is 0.478 e. The zero-order valence-corrected chi connectivity index (χ0v) is 9.50. The van der Waals surface area contributed by atoms with Gasteiger partial charge in [0.15, 0.2) is 0 Å². The summed E-state index contributed by atoms with van der Waals surface area (Å²) >= 11 is 0. The molecule has 0 unspecified atom stereocenters. The highest BCUT2D eigenvalue weighted by Gasteiger charge is 2.20. The molecule has 0 heterocycles. The minimum atomic E-state index is -4.07. The fourth-order valence-corrected chi connectivity index (χ4v) is 2.19. The van der Waals surface area contributed by atoms with E-state index in [1.54, 1.807) is 0 Å². The lowest BCUT2D eigenvalue weighted by Gasteiger charge is -2.06. The Bertz CT molecular complexity index is 553. The van der Waals surface area contributed by atoms with Crippen LogP contribution in [0.25, 0.3) is 0 Å². The van der Waals surface area contributed by atoms with Gasteiger partial charge in [-0.25, -0.2) is 22.3 Å². The van der Waals surface area contributed by atoms with Crippen LogP contribution in [0, 0.1) is 5.82 Å². The summed E-state index contributed by atoms with van der Waals surface area (Å²) in [6, 6.07) is 2.55. The van der Waals surface area contributed by atoms with Crippen LogP contribution in [0.3, 0.4) is 0 Å². The van der Waals surface area contributed by atoms with E-state index >= 15 is 0 Å². The van der Waals surface area contributed by atoms with Crippen molar-refractivity contribution in [1.82, 2.24) is 4.72 Å². The van der Waals surface area contributed by atoms with Gasteiger partial charge in [-0.1, -0.05) is 6.08 Å². The lowest BCUT2D eigenvalue weighted by molar-refractivity contribution is 0.0696. The van der Waals surface area contributed by atoms with E-state index in [2.05, 4.69) is 11.3 Å². The predicted octanol–water partition coefficient (Wildman–Crippen LogP) is 0.988. The van der Waals surface area contributed by atoms with Gasteiger partial charge in [0.2, 0.25) is 10.0 Å². The Morgan fingerprint density at radius 1 is 1.53 bits per heavy atom. The molecule has 1 aromatic rings. The summed E-state index contributed by atoms with van der Waals surface area (Å²) in [5.74, 6) is -2.34. The SMILES string of the molecule is C=CCNS(=O)(=O)c1cc(C(=O)O)ccc1F. The van der Waals surface area contributed by atoms with Gasteiger partial charge in [0.25, 0.3) is 0 Å². The van der Waals surface area contributed by atoms with Crippen LogP contribution in [0.5, 0.6) is 0 Å². The number of carboxylic acid groups (broad SMARTS) is 1. The van der Waals surface area contributed by atoms with Gasteiger partial charge in [0.05, 0.1) is 5.56 Å². The van der Waals surface area contributed by atoms with Gasteiger partial charge in [-0.3, -0.25) is 0 Å². The molecule has 0 aromatic heterocycles. The van der Waals surface area contributed by atoms with Crippen molar-refractivity contribution in [2.45, 2.75) is 4.90 Å². The average Bonchev–Trinajstić information content (AvgIpc) is 2.26. The fourth-order valence-electron chi connectivity index (χ4n) is 1.09. The van der Waals surface area contributed by atoms with E-state index in [4.69, 9.17) is 5.11 Å². The van der Waals surface area contributed by atoms with Crippen LogP contribution in [-0.4, -0.2) is 26.0 Å². The van der Waals surface area contributed by atoms with Gasteiger partial charge in [-0.2, -0.15) is 0 Å². The van der Waals surface area contributed by atoms with Crippen molar-refractivity contribution in [2.75, 3.05) is 6.54 Å². The highest BCUT2D eigenvalue weighted by atomic mass is 32.2. The summed E-state index contributed by atoms with van der Waals surface area (Å²) in [5.41, 5.74) is -0.301. The maximum absolute atomic E-state index is 13.3. The summed E-state index contributed by atoms with van der Waals surface area (Å²) in [5, 5.41) is 8.69. The number of hydrogen-bond acceptors (Lipinski definition) is 3. The first-order chi connectivity index (χ1) is 7.88. The standard InChI is InChI=1S/C10H10FNO4S/c1-2-5-12-17(15,16)9-6-7(10(13)14)3-4-8(9)11/h2-4,6,12H,1,5H2,(H,13,14). The third-order valence-electron chi connectivity index (χ3n) is 1.89. The molecule has 7 heteroatoms. The monoisotopic (exact) mass is 259 g/mol. The van der Waals surface area contributed by atoms with Crippen molar-refractivity contribution >= 4 is 16.0 Å². The number of sulfonamides is 1. The Morgan fingerprint density at radius 3 is 2.71 bits per heavy atom. The minimum absolute atomic E-state index is 0.0704. The van der Waals surface area contributed by atoms with E-state index in [9.17, 15) is 17.6 Å². The number of aromatic carboxylic acids is 1. The van der Waals surface area contributed by atoms with Crippen LogP contribution < -0.4 is 4.72 Å². The number of nitrogens with one attached hydrogen (secondary N) is 1. The first kappa shape index (κ1) is 13.3. The summed E-state index contributed by atoms with van der Waals surface area (Å²) in [6.45, 7) is 3.24. The number of halogens is 1. The molecule has 5 nitrogen and oxygen atoms in total. The molecule has 0 amide bonds. The van der Waals surface area contributed by atoms with Crippen LogP contribution in [0.4, 0.5) is 4.39 Å². The van der Waals surface area contributed by atoms with Gasteiger partial charge in [0.1, 0.15) is 10.7 Å². The first-order valence-corrected chi connectivity index (χ1v) is 6.00. The van der Waals surface area contributed by atoms with Gasteiger partial charge in [-0.05, 0) is 18.2 Å². The molecule has 2 N–H and O–H groups in total. The Hall–Kier alpha value is -1.73. The Kier molecular flexibility index (Phi) is 3.97. The Balaban J connectivity index is 3.25. The normalized spacial score (nSPS) is 11.1. The van der Waals surface area contributed by atoms with E-state index in [0.717, 1.165) is 18.2 Å². The molecular formula is C10H10FNO4S. The third-order valence-corrected chi connectivity index (χ3v) is 3.32. The second-order valence-corrected chi connectivity index (χ2v) is 4.83. The molecule has 0 fully saturated rings. The molecule has 1 rings (SSSR count). The molecule has 92 valence electrons. The van der Waals surface area contributed by atoms with Crippen LogP contribution >= 0.6 is 0 Å². The predicted molar refractivity (Wildman–Crippen MR) is 58.7 cm³/mol. The molecule has 0 saturated carbocycles. The molecular weight excluding hydrogens is 249 g/mol. The van der Waals surface area contributed by atoms with Gasteiger partial charge < -0.3 is 5.11 Å². The van der Waals surface area contributed by atoms with Gasteiger partial charge in [0, 0.05) is 6.54 Å². The number of carbonyl (C=O) groups is 1. The highest BCUT2D eigenvalue weighted by molar-refractivity contribution is 7.89. The smallest absolute Gasteiger partial charge is 0.335 e. The Morgan fingerprint density at radius 2 is 2.18 bits per heavy atom. The average molecular weight is 259 g/mol. The number of hydrogen-bond donors (Lipinski definition) is 2. The number of benzene rings is 1. The van der Waals surface area contributed by atoms with Gasteiger partial charge >= 0.3 is 5.97 Å². The van der Waals surface area contributed by atoms with Crippen molar-refractivity contribution in [3.63, 3.8) is 0 Å². The Labute approximate surface area is 97.6 Å². The zero-order valence-electron chi connectivity index (χ0n) is 8.68. The summed E-state index contributed by atoms with van der Waals surface area (Å²) < 4.78 is 38.6. The lowest BCUT2D eigenvalue weighted by atomic mass is 10.2. The lowest BCUT2D eigenvalue weighted by Crippen LogP contribution is -2.25. The van der Waals surface area contributed by atoms with Crippen LogP contribution in [0.1, 0.15) is 10.4 Å². The molecule has 1 aromatic carbocycles. The van der Waals surface area contributed by atoms with E-state index in [0.29, 0.717) is 0 Å². The second kappa shape index (κ2) is 5.07. The van der Waals surface area contributed by atoms with Crippen LogP contribution in [0.2, 0.25) is 0 Å². The number of rotatable bonds is 5. The topological polar surface area (TPSA) is 83.5 Å². The maximum atomic E-state index is 13.3. The molecule has 0 bridgehead atoms. The fraction of sp³-hybridized carbons (Fsp3) is 0.100. The zero-order chi connectivity index (χ0) is 13.1. The van der Waals surface area contributed by atoms with E-state index in [1.807, 2.05) is 0 Å². The van der Waals surface area contributed by atoms with Crippen molar-refractivity contribution in [2.24, 2.45) is 0 Å². The number of carboxylic acids is 1. The first-order valence-electron chi connectivity index (χ1n) is 4.52. The molecule has 0 aliphatic rings. The summed E-state index contributed by atoms with van der Waals surface area (Å²) in [4.78, 5) is 9.96. The molecule has 0 aliphatic heterocycles.